The Morgan fingerprint density at radius 2 is 2.15 bits per heavy atom. The lowest BCUT2D eigenvalue weighted by molar-refractivity contribution is -0.140. The molecule has 0 saturated heterocycles. The molecular formula is C9H19NO2S. The van der Waals surface area contributed by atoms with E-state index >= 15 is 0 Å². The third kappa shape index (κ3) is 6.90. The van der Waals surface area contributed by atoms with E-state index in [1.54, 1.807) is 0 Å². The van der Waals surface area contributed by atoms with E-state index in [4.69, 9.17) is 0 Å². The van der Waals surface area contributed by atoms with Gasteiger partial charge in [0.2, 0.25) is 0 Å². The molecule has 78 valence electrons. The molecule has 0 aliphatic heterocycles. The molecule has 13 heavy (non-hydrogen) atoms. The second-order valence-electron chi connectivity index (χ2n) is 2.75. The van der Waals surface area contributed by atoms with Crippen LogP contribution in [0.5, 0.6) is 0 Å². The van der Waals surface area contributed by atoms with Crippen LogP contribution in [0.2, 0.25) is 0 Å². The molecule has 0 rings (SSSR count). The van der Waals surface area contributed by atoms with Crippen molar-refractivity contribution >= 4 is 17.7 Å². The van der Waals surface area contributed by atoms with E-state index in [2.05, 4.69) is 22.8 Å². The zero-order chi connectivity index (χ0) is 10.1. The number of ether oxygens (including phenoxy) is 1. The summed E-state index contributed by atoms with van der Waals surface area (Å²) in [5.74, 6) is 0.997. The molecule has 0 unspecified atom stereocenters. The topological polar surface area (TPSA) is 29.5 Å². The van der Waals surface area contributed by atoms with E-state index < -0.39 is 0 Å². The van der Waals surface area contributed by atoms with Gasteiger partial charge in [-0.1, -0.05) is 6.92 Å². The minimum Gasteiger partial charge on any atom is -0.469 e. The van der Waals surface area contributed by atoms with Crippen molar-refractivity contribution in [3.05, 3.63) is 0 Å². The van der Waals surface area contributed by atoms with Gasteiger partial charge in [-0.05, 0) is 12.8 Å². The van der Waals surface area contributed by atoms with E-state index in [0.29, 0.717) is 6.42 Å². The smallest absolute Gasteiger partial charge is 0.306 e. The van der Waals surface area contributed by atoms with E-state index in [9.17, 15) is 4.79 Å². The largest absolute Gasteiger partial charge is 0.469 e. The molecule has 0 radical (unpaired) electrons. The number of carbonyl (C=O) groups excluding carboxylic acids is 1. The van der Waals surface area contributed by atoms with Crippen LogP contribution >= 0.6 is 11.8 Å². The lowest BCUT2D eigenvalue weighted by atomic mass is 10.4. The molecule has 0 fully saturated rings. The highest BCUT2D eigenvalue weighted by molar-refractivity contribution is 7.98. The van der Waals surface area contributed by atoms with Gasteiger partial charge in [-0.25, -0.2) is 0 Å². The summed E-state index contributed by atoms with van der Waals surface area (Å²) in [5.41, 5.74) is 0. The molecule has 0 bridgehead atoms. The Labute approximate surface area is 84.8 Å². The highest BCUT2D eigenvalue weighted by Gasteiger charge is 2.05. The normalized spacial score (nSPS) is 10.5. The van der Waals surface area contributed by atoms with Crippen molar-refractivity contribution < 1.29 is 9.53 Å². The number of carbonyl (C=O) groups is 1. The molecule has 0 aliphatic carbocycles. The Morgan fingerprint density at radius 3 is 2.62 bits per heavy atom. The van der Waals surface area contributed by atoms with Gasteiger partial charge in [-0.15, -0.1) is 0 Å². The summed E-state index contributed by atoms with van der Waals surface area (Å²) in [6.07, 6.45) is 2.59. The highest BCUT2D eigenvalue weighted by Crippen LogP contribution is 1.97. The third-order valence-corrected chi connectivity index (χ3v) is 2.51. The van der Waals surface area contributed by atoms with E-state index in [1.165, 1.54) is 7.11 Å². The lowest BCUT2D eigenvalue weighted by Gasteiger charge is -2.18. The number of methoxy groups -OCH3 is 1. The first kappa shape index (κ1) is 12.8. The van der Waals surface area contributed by atoms with Crippen molar-refractivity contribution in [3.8, 4) is 0 Å². The van der Waals surface area contributed by atoms with Crippen LogP contribution < -0.4 is 0 Å². The molecule has 0 aromatic rings. The average Bonchev–Trinajstić information content (AvgIpc) is 2.17. The Kier molecular flexibility index (Phi) is 8.24. The van der Waals surface area contributed by atoms with E-state index in [1.807, 2.05) is 11.8 Å². The fraction of sp³-hybridized carbons (Fsp3) is 0.889. The SMILES string of the molecule is CCN(CCSC)CCC(=O)OC. The molecule has 0 aromatic carbocycles. The maximum absolute atomic E-state index is 10.9. The number of nitrogens with zero attached hydrogens (tertiary/aromatic N) is 1. The molecule has 0 spiro atoms. The number of esters is 1. The second-order valence-corrected chi connectivity index (χ2v) is 3.74. The van der Waals surface area contributed by atoms with Gasteiger partial charge in [0.15, 0.2) is 0 Å². The minimum absolute atomic E-state index is 0.123. The second kappa shape index (κ2) is 8.38. The van der Waals surface area contributed by atoms with Crippen LogP contribution in [0.4, 0.5) is 0 Å². The number of hydrogen-bond acceptors (Lipinski definition) is 4. The minimum atomic E-state index is -0.123. The molecule has 0 saturated carbocycles. The Morgan fingerprint density at radius 1 is 1.46 bits per heavy atom. The molecule has 0 aromatic heterocycles. The lowest BCUT2D eigenvalue weighted by Crippen LogP contribution is -2.28. The summed E-state index contributed by atoms with van der Waals surface area (Å²) in [6, 6.07) is 0. The molecule has 0 heterocycles. The number of thioether (sulfide) groups is 1. The summed E-state index contributed by atoms with van der Waals surface area (Å²) in [6.45, 7) is 4.97. The zero-order valence-corrected chi connectivity index (χ0v) is 9.52. The maximum Gasteiger partial charge on any atom is 0.306 e. The zero-order valence-electron chi connectivity index (χ0n) is 8.71. The number of hydrogen-bond donors (Lipinski definition) is 0. The van der Waals surface area contributed by atoms with Crippen LogP contribution in [-0.2, 0) is 9.53 Å². The molecule has 3 nitrogen and oxygen atoms in total. The van der Waals surface area contributed by atoms with Crippen LogP contribution in [-0.4, -0.2) is 49.6 Å². The van der Waals surface area contributed by atoms with Crippen molar-refractivity contribution in [2.24, 2.45) is 0 Å². The van der Waals surface area contributed by atoms with E-state index in [0.717, 1.165) is 25.4 Å². The van der Waals surface area contributed by atoms with Crippen molar-refractivity contribution in [2.75, 3.05) is 38.8 Å². The quantitative estimate of drug-likeness (QED) is 0.585. The van der Waals surface area contributed by atoms with Gasteiger partial charge in [-0.3, -0.25) is 4.79 Å². The Balaban J connectivity index is 3.52. The molecule has 0 N–H and O–H groups in total. The van der Waals surface area contributed by atoms with Crippen molar-refractivity contribution in [3.63, 3.8) is 0 Å². The maximum atomic E-state index is 10.9. The summed E-state index contributed by atoms with van der Waals surface area (Å²) in [7, 11) is 1.43. The first-order chi connectivity index (χ1) is 6.24. The molecule has 4 heteroatoms. The molecule has 0 amide bonds. The van der Waals surface area contributed by atoms with Crippen molar-refractivity contribution in [1.82, 2.24) is 4.90 Å². The fourth-order valence-electron chi connectivity index (χ4n) is 1.000. The van der Waals surface area contributed by atoms with Gasteiger partial charge in [-0.2, -0.15) is 11.8 Å². The van der Waals surface area contributed by atoms with Crippen LogP contribution in [0.1, 0.15) is 13.3 Å². The highest BCUT2D eigenvalue weighted by atomic mass is 32.2. The summed E-state index contributed by atoms with van der Waals surface area (Å²) >= 11 is 1.83. The van der Waals surface area contributed by atoms with Crippen molar-refractivity contribution in [1.29, 1.82) is 0 Å². The molecular weight excluding hydrogens is 186 g/mol. The standard InChI is InChI=1S/C9H19NO2S/c1-4-10(7-8-13-3)6-5-9(11)12-2/h4-8H2,1-3H3. The van der Waals surface area contributed by atoms with Crippen molar-refractivity contribution in [2.45, 2.75) is 13.3 Å². The number of rotatable bonds is 7. The third-order valence-electron chi connectivity index (χ3n) is 1.92. The van der Waals surface area contributed by atoms with Gasteiger partial charge in [0.25, 0.3) is 0 Å². The van der Waals surface area contributed by atoms with Crippen LogP contribution in [0.3, 0.4) is 0 Å². The summed E-state index contributed by atoms with van der Waals surface area (Å²) in [5, 5.41) is 0. The predicted octanol–water partition coefficient (Wildman–Crippen LogP) is 1.23. The average molecular weight is 205 g/mol. The molecule has 0 aliphatic rings. The van der Waals surface area contributed by atoms with Crippen LogP contribution in [0.15, 0.2) is 0 Å². The van der Waals surface area contributed by atoms with E-state index in [-0.39, 0.29) is 5.97 Å². The fourth-order valence-corrected chi connectivity index (χ4v) is 1.44. The Hall–Kier alpha value is -0.220. The van der Waals surface area contributed by atoms with Gasteiger partial charge in [0.1, 0.15) is 0 Å². The predicted molar refractivity (Wildman–Crippen MR) is 57.1 cm³/mol. The monoisotopic (exact) mass is 205 g/mol. The van der Waals surface area contributed by atoms with Gasteiger partial charge < -0.3 is 9.64 Å². The first-order valence-electron chi connectivity index (χ1n) is 4.52. The molecule has 0 atom stereocenters. The summed E-state index contributed by atoms with van der Waals surface area (Å²) in [4.78, 5) is 13.1. The summed E-state index contributed by atoms with van der Waals surface area (Å²) < 4.78 is 4.58. The van der Waals surface area contributed by atoms with Crippen LogP contribution in [0, 0.1) is 0 Å². The van der Waals surface area contributed by atoms with Gasteiger partial charge in [0, 0.05) is 18.8 Å². The Bertz CT molecular complexity index is 142. The van der Waals surface area contributed by atoms with Gasteiger partial charge >= 0.3 is 5.97 Å². The van der Waals surface area contributed by atoms with Gasteiger partial charge in [0.05, 0.1) is 13.5 Å². The first-order valence-corrected chi connectivity index (χ1v) is 5.92. The van der Waals surface area contributed by atoms with Crippen LogP contribution in [0.25, 0.3) is 0 Å².